The van der Waals surface area contributed by atoms with E-state index >= 15 is 0 Å². The van der Waals surface area contributed by atoms with Gasteiger partial charge in [0.15, 0.2) is 0 Å². The van der Waals surface area contributed by atoms with Crippen molar-refractivity contribution in [2.45, 2.75) is 319 Å². The van der Waals surface area contributed by atoms with Gasteiger partial charge in [0.25, 0.3) is 0 Å². The largest absolute Gasteiger partial charge is 0.472 e. The van der Waals surface area contributed by atoms with Gasteiger partial charge in [0.2, 0.25) is 5.91 Å². The Bertz CT molecular complexity index is 1140. The molecular weight excluding hydrogens is 862 g/mol. The fraction of sp³-hybridized carbons (Fsp3) is 0.981. The first-order valence-corrected chi connectivity index (χ1v) is 29.1. The number of hydrogen-bond donors (Lipinski definition) is 9. The van der Waals surface area contributed by atoms with Gasteiger partial charge in [-0.05, 0) is 12.8 Å². The zero-order chi connectivity index (χ0) is 48.7. The molecule has 8 unspecified atom stereocenters. The Kier molecular flexibility index (Phi) is 40.3. The number of rotatable bonds is 47. The van der Waals surface area contributed by atoms with Crippen molar-refractivity contribution >= 4 is 13.7 Å². The number of carbonyl (C=O) groups excluding carboxylic acids is 1. The molecule has 0 saturated heterocycles. The van der Waals surface area contributed by atoms with Crippen molar-refractivity contribution in [3.8, 4) is 0 Å². The second-order valence-corrected chi connectivity index (χ2v) is 21.4. The first-order valence-electron chi connectivity index (χ1n) is 27.6. The second-order valence-electron chi connectivity index (χ2n) is 20.0. The van der Waals surface area contributed by atoms with Crippen molar-refractivity contribution in [1.29, 1.82) is 0 Å². The van der Waals surface area contributed by atoms with Gasteiger partial charge in [0, 0.05) is 0 Å². The maximum atomic E-state index is 13.1. The number of phosphoric acid groups is 1. The summed E-state index contributed by atoms with van der Waals surface area (Å²) in [5.74, 6) is -0.553. The van der Waals surface area contributed by atoms with E-state index in [0.29, 0.717) is 12.8 Å². The normalized spacial score (nSPS) is 22.3. The van der Waals surface area contributed by atoms with Crippen molar-refractivity contribution in [3.05, 3.63) is 0 Å². The minimum Gasteiger partial charge on any atom is -0.393 e. The van der Waals surface area contributed by atoms with Crippen molar-refractivity contribution in [3.63, 3.8) is 0 Å². The Labute approximate surface area is 402 Å². The van der Waals surface area contributed by atoms with Gasteiger partial charge in [-0.2, -0.15) is 0 Å². The minimum absolute atomic E-state index is 0.215. The zero-order valence-corrected chi connectivity index (χ0v) is 43.0. The standard InChI is InChI=1S/C52H104NO12P/c1-3-5-7-9-11-13-15-17-19-21-22-24-26-28-30-32-34-36-38-40-45(55)44(42-64-66(62,63)65-52-50(60)48(58)47(57)49(59)51(52)61)53-46(56)41-43(54)39-37-35-33-31-29-27-25-23-20-18-16-14-12-10-8-6-4-2/h43-45,47-52,54-55,57-61H,3-42H2,1-2H3,(H,53,56)(H,62,63). The van der Waals surface area contributed by atoms with Crippen LogP contribution in [0.2, 0.25) is 0 Å². The van der Waals surface area contributed by atoms with Gasteiger partial charge in [-0.15, -0.1) is 0 Å². The smallest absolute Gasteiger partial charge is 0.393 e. The van der Waals surface area contributed by atoms with Gasteiger partial charge in [0.1, 0.15) is 36.6 Å². The monoisotopic (exact) mass is 966 g/mol. The van der Waals surface area contributed by atoms with Gasteiger partial charge in [-0.1, -0.05) is 245 Å². The molecule has 66 heavy (non-hydrogen) atoms. The average Bonchev–Trinajstić information content (AvgIpc) is 3.29. The number of aliphatic hydroxyl groups is 7. The summed E-state index contributed by atoms with van der Waals surface area (Å²) < 4.78 is 23.0. The molecule has 0 spiro atoms. The third kappa shape index (κ3) is 33.0. The molecule has 0 aromatic heterocycles. The van der Waals surface area contributed by atoms with Gasteiger partial charge < -0.3 is 46.0 Å². The molecule has 0 aliphatic heterocycles. The zero-order valence-electron chi connectivity index (χ0n) is 42.1. The van der Waals surface area contributed by atoms with Crippen LogP contribution >= 0.6 is 7.82 Å². The number of phosphoric ester groups is 1. The molecule has 13 nitrogen and oxygen atoms in total. The summed E-state index contributed by atoms with van der Waals surface area (Å²) in [7, 11) is -5.12. The van der Waals surface area contributed by atoms with Gasteiger partial charge >= 0.3 is 7.82 Å². The maximum absolute atomic E-state index is 13.1. The lowest BCUT2D eigenvalue weighted by Gasteiger charge is -2.41. The summed E-state index contributed by atoms with van der Waals surface area (Å²) >= 11 is 0. The summed E-state index contributed by atoms with van der Waals surface area (Å²) in [6.07, 6.45) is 31.4. The van der Waals surface area contributed by atoms with Crippen LogP contribution in [0.5, 0.6) is 0 Å². The van der Waals surface area contributed by atoms with E-state index in [4.69, 9.17) is 9.05 Å². The lowest BCUT2D eigenvalue weighted by molar-refractivity contribution is -0.220. The van der Waals surface area contributed by atoms with E-state index in [1.807, 2.05) is 0 Å². The van der Waals surface area contributed by atoms with Gasteiger partial charge in [-0.3, -0.25) is 13.8 Å². The van der Waals surface area contributed by atoms with Gasteiger partial charge in [0.05, 0.1) is 31.3 Å². The summed E-state index contributed by atoms with van der Waals surface area (Å²) in [5, 5.41) is 75.0. The quantitative estimate of drug-likeness (QED) is 0.0205. The molecule has 1 amide bonds. The Morgan fingerprint density at radius 3 is 1.09 bits per heavy atom. The predicted molar refractivity (Wildman–Crippen MR) is 266 cm³/mol. The number of aliphatic hydroxyl groups excluding tert-OH is 7. The summed E-state index contributed by atoms with van der Waals surface area (Å²) in [5.41, 5.74) is 0. The highest BCUT2D eigenvalue weighted by Crippen LogP contribution is 2.47. The molecule has 1 rings (SSSR count). The van der Waals surface area contributed by atoms with Crippen molar-refractivity contribution in [2.24, 2.45) is 0 Å². The third-order valence-electron chi connectivity index (χ3n) is 13.7. The van der Waals surface area contributed by atoms with Crippen LogP contribution in [-0.2, 0) is 18.4 Å². The maximum Gasteiger partial charge on any atom is 0.472 e. The molecule has 0 radical (unpaired) electrons. The van der Waals surface area contributed by atoms with Crippen LogP contribution in [0, 0.1) is 0 Å². The van der Waals surface area contributed by atoms with E-state index < -0.39 is 75.2 Å². The van der Waals surface area contributed by atoms with Crippen LogP contribution in [-0.4, -0.2) is 108 Å². The molecule has 394 valence electrons. The lowest BCUT2D eigenvalue weighted by atomic mass is 9.85. The molecule has 1 aliphatic rings. The highest BCUT2D eigenvalue weighted by atomic mass is 31.2. The summed E-state index contributed by atoms with van der Waals surface area (Å²) in [6, 6.07) is -1.15. The summed E-state index contributed by atoms with van der Waals surface area (Å²) in [4.78, 5) is 23.6. The Morgan fingerprint density at radius 1 is 0.470 bits per heavy atom. The van der Waals surface area contributed by atoms with Crippen molar-refractivity contribution < 1.29 is 59.0 Å². The first-order chi connectivity index (χ1) is 31.8. The van der Waals surface area contributed by atoms with E-state index in [1.54, 1.807) is 0 Å². The van der Waals surface area contributed by atoms with Gasteiger partial charge in [-0.25, -0.2) is 4.57 Å². The molecule has 0 aromatic rings. The number of carbonyl (C=O) groups is 1. The van der Waals surface area contributed by atoms with Crippen molar-refractivity contribution in [2.75, 3.05) is 6.61 Å². The van der Waals surface area contributed by atoms with Crippen LogP contribution in [0.25, 0.3) is 0 Å². The van der Waals surface area contributed by atoms with E-state index in [-0.39, 0.29) is 12.8 Å². The number of unbranched alkanes of at least 4 members (excludes halogenated alkanes) is 34. The highest BCUT2D eigenvalue weighted by Gasteiger charge is 2.51. The molecule has 0 aromatic carbocycles. The average molecular weight is 966 g/mol. The van der Waals surface area contributed by atoms with Crippen LogP contribution in [0.15, 0.2) is 0 Å². The number of nitrogens with one attached hydrogen (secondary N) is 1. The van der Waals surface area contributed by atoms with E-state index in [2.05, 4.69) is 19.2 Å². The first kappa shape index (κ1) is 63.3. The highest BCUT2D eigenvalue weighted by molar-refractivity contribution is 7.47. The number of hydrogen-bond acceptors (Lipinski definition) is 11. The molecular formula is C52H104NO12P. The van der Waals surface area contributed by atoms with E-state index in [0.717, 1.165) is 51.4 Å². The molecule has 14 heteroatoms. The Morgan fingerprint density at radius 2 is 0.758 bits per heavy atom. The molecule has 8 atom stereocenters. The Balaban J connectivity index is 2.42. The predicted octanol–water partition coefficient (Wildman–Crippen LogP) is 10.8. The summed E-state index contributed by atoms with van der Waals surface area (Å²) in [6.45, 7) is 3.84. The molecule has 0 bridgehead atoms. The third-order valence-corrected chi connectivity index (χ3v) is 14.7. The van der Waals surface area contributed by atoms with Crippen LogP contribution in [0.4, 0.5) is 0 Å². The molecule has 1 aliphatic carbocycles. The van der Waals surface area contributed by atoms with Crippen LogP contribution in [0.3, 0.4) is 0 Å². The SMILES string of the molecule is CCCCCCCCCCCCCCCCCCCCCC(O)C(COP(=O)(O)OC1C(O)C(O)C(O)C(O)C1O)NC(=O)CC(O)CCCCCCCCCCCCCCCCCCC. The van der Waals surface area contributed by atoms with E-state index in [1.165, 1.54) is 173 Å². The van der Waals surface area contributed by atoms with Crippen LogP contribution < -0.4 is 5.32 Å². The number of amides is 1. The van der Waals surface area contributed by atoms with Crippen LogP contribution in [0.1, 0.15) is 264 Å². The molecule has 1 saturated carbocycles. The van der Waals surface area contributed by atoms with E-state index in [9.17, 15) is 50.0 Å². The topological polar surface area (TPSA) is 226 Å². The molecule has 1 fully saturated rings. The molecule has 0 heterocycles. The molecule has 9 N–H and O–H groups in total. The van der Waals surface area contributed by atoms with Crippen molar-refractivity contribution in [1.82, 2.24) is 5.32 Å². The fourth-order valence-electron chi connectivity index (χ4n) is 9.25. The fourth-order valence-corrected chi connectivity index (χ4v) is 10.2. The Hall–Kier alpha value is -0.700. The lowest BCUT2D eigenvalue weighted by Crippen LogP contribution is -2.64. The minimum atomic E-state index is -5.12. The second kappa shape index (κ2) is 42.0.